The second kappa shape index (κ2) is 2.64. The Balaban J connectivity index is 2.32. The Bertz CT molecular complexity index is 167. The highest BCUT2D eigenvalue weighted by molar-refractivity contribution is 5.08. The zero-order valence-electron chi connectivity index (χ0n) is 6.78. The first kappa shape index (κ1) is 7.63. The molecule has 2 N–H and O–H groups in total. The average Bonchev–Trinajstić information content (AvgIpc) is 1.81. The van der Waals surface area contributed by atoms with Crippen molar-refractivity contribution >= 4 is 0 Å². The molecule has 1 fully saturated rings. The quantitative estimate of drug-likeness (QED) is 0.545. The van der Waals surface area contributed by atoms with E-state index in [0.29, 0.717) is 0 Å². The fraction of sp³-hybridized carbons (Fsp3) is 0.778. The van der Waals surface area contributed by atoms with Crippen molar-refractivity contribution in [3.63, 3.8) is 0 Å². The third-order valence-corrected chi connectivity index (χ3v) is 2.13. The zero-order valence-corrected chi connectivity index (χ0v) is 6.78. The van der Waals surface area contributed by atoms with Crippen LogP contribution >= 0.6 is 0 Å². The summed E-state index contributed by atoms with van der Waals surface area (Å²) >= 11 is 0. The Hall–Kier alpha value is -0.480. The van der Waals surface area contributed by atoms with E-state index in [-0.39, 0.29) is 5.54 Å². The van der Waals surface area contributed by atoms with Gasteiger partial charge in [0, 0.05) is 12.0 Å². The summed E-state index contributed by atoms with van der Waals surface area (Å²) in [6.07, 6.45) is 3.19. The van der Waals surface area contributed by atoms with Crippen molar-refractivity contribution in [1.29, 1.82) is 0 Å². The Morgan fingerprint density at radius 1 is 1.60 bits per heavy atom. The fourth-order valence-corrected chi connectivity index (χ4v) is 1.74. The summed E-state index contributed by atoms with van der Waals surface area (Å²) in [7, 11) is 0. The van der Waals surface area contributed by atoms with E-state index in [2.05, 4.69) is 18.8 Å². The van der Waals surface area contributed by atoms with Crippen molar-refractivity contribution < 1.29 is 0 Å². The standard InChI is InChI=1S/C9H15N/c1-3-4-5-9(10)6-8(2)7-9/h8H,5-7,10H2,1-2H3. The lowest BCUT2D eigenvalue weighted by atomic mass is 9.68. The Labute approximate surface area is 63.0 Å². The van der Waals surface area contributed by atoms with Crippen molar-refractivity contribution in [3.05, 3.63) is 0 Å². The van der Waals surface area contributed by atoms with Gasteiger partial charge in [0.25, 0.3) is 0 Å². The summed E-state index contributed by atoms with van der Waals surface area (Å²) in [4.78, 5) is 0. The maximum atomic E-state index is 5.98. The van der Waals surface area contributed by atoms with Crippen molar-refractivity contribution in [2.75, 3.05) is 0 Å². The molecule has 0 atom stereocenters. The normalized spacial score (nSPS) is 37.7. The van der Waals surface area contributed by atoms with Gasteiger partial charge >= 0.3 is 0 Å². The van der Waals surface area contributed by atoms with Gasteiger partial charge in [0.15, 0.2) is 0 Å². The third-order valence-electron chi connectivity index (χ3n) is 2.13. The lowest BCUT2D eigenvalue weighted by Crippen LogP contribution is -2.50. The highest BCUT2D eigenvalue weighted by atomic mass is 14.8. The fourth-order valence-electron chi connectivity index (χ4n) is 1.74. The molecular formula is C9H15N. The zero-order chi connectivity index (χ0) is 7.61. The molecule has 1 saturated carbocycles. The molecule has 0 spiro atoms. The molecule has 56 valence electrons. The molecule has 0 bridgehead atoms. The number of nitrogens with two attached hydrogens (primary N) is 1. The van der Waals surface area contributed by atoms with Crippen LogP contribution in [0.5, 0.6) is 0 Å². The van der Waals surface area contributed by atoms with Crippen LogP contribution in [-0.4, -0.2) is 5.54 Å². The van der Waals surface area contributed by atoms with Gasteiger partial charge < -0.3 is 5.73 Å². The molecule has 0 saturated heterocycles. The monoisotopic (exact) mass is 137 g/mol. The molecule has 0 amide bonds. The summed E-state index contributed by atoms with van der Waals surface area (Å²) in [5, 5.41) is 0. The smallest absolute Gasteiger partial charge is 0.0270 e. The summed E-state index contributed by atoms with van der Waals surface area (Å²) < 4.78 is 0. The molecule has 10 heavy (non-hydrogen) atoms. The first-order valence-electron chi connectivity index (χ1n) is 3.85. The van der Waals surface area contributed by atoms with E-state index >= 15 is 0 Å². The molecule has 0 aliphatic heterocycles. The molecule has 0 radical (unpaired) electrons. The van der Waals surface area contributed by atoms with E-state index in [1.807, 2.05) is 6.92 Å². The van der Waals surface area contributed by atoms with E-state index in [1.54, 1.807) is 0 Å². The lowest BCUT2D eigenvalue weighted by Gasteiger charge is -2.42. The van der Waals surface area contributed by atoms with E-state index in [4.69, 9.17) is 5.73 Å². The molecule has 1 heteroatoms. The van der Waals surface area contributed by atoms with Crippen molar-refractivity contribution in [1.82, 2.24) is 0 Å². The summed E-state index contributed by atoms with van der Waals surface area (Å²) in [5.74, 6) is 6.74. The lowest BCUT2D eigenvalue weighted by molar-refractivity contribution is 0.168. The van der Waals surface area contributed by atoms with Gasteiger partial charge in [0.1, 0.15) is 0 Å². The predicted molar refractivity (Wildman–Crippen MR) is 43.4 cm³/mol. The summed E-state index contributed by atoms with van der Waals surface area (Å²) in [6, 6.07) is 0. The Morgan fingerprint density at radius 2 is 2.20 bits per heavy atom. The molecule has 1 aliphatic carbocycles. The van der Waals surface area contributed by atoms with E-state index in [0.717, 1.165) is 25.2 Å². The first-order chi connectivity index (χ1) is 4.66. The second-order valence-electron chi connectivity index (χ2n) is 3.48. The van der Waals surface area contributed by atoms with Crippen LogP contribution in [0.1, 0.15) is 33.1 Å². The van der Waals surface area contributed by atoms with Gasteiger partial charge in [-0.15, -0.1) is 11.8 Å². The van der Waals surface area contributed by atoms with Crippen LogP contribution < -0.4 is 5.73 Å². The van der Waals surface area contributed by atoms with Crippen LogP contribution in [-0.2, 0) is 0 Å². The van der Waals surface area contributed by atoms with Crippen molar-refractivity contribution in [2.24, 2.45) is 11.7 Å². The first-order valence-corrected chi connectivity index (χ1v) is 3.85. The minimum atomic E-state index is 0.0719. The van der Waals surface area contributed by atoms with Crippen LogP contribution in [0.3, 0.4) is 0 Å². The molecule has 1 nitrogen and oxygen atoms in total. The van der Waals surface area contributed by atoms with Gasteiger partial charge in [-0.3, -0.25) is 0 Å². The van der Waals surface area contributed by atoms with Crippen LogP contribution in [0, 0.1) is 17.8 Å². The topological polar surface area (TPSA) is 26.0 Å². The minimum Gasteiger partial charge on any atom is -0.324 e. The maximum absolute atomic E-state index is 5.98. The van der Waals surface area contributed by atoms with Crippen LogP contribution in [0.25, 0.3) is 0 Å². The van der Waals surface area contributed by atoms with Gasteiger partial charge in [-0.2, -0.15) is 0 Å². The maximum Gasteiger partial charge on any atom is 0.0270 e. The number of hydrogen-bond donors (Lipinski definition) is 1. The summed E-state index contributed by atoms with van der Waals surface area (Å²) in [5.41, 5.74) is 6.05. The molecular weight excluding hydrogens is 122 g/mol. The minimum absolute atomic E-state index is 0.0719. The molecule has 0 aromatic rings. The van der Waals surface area contributed by atoms with Crippen LogP contribution in [0.2, 0.25) is 0 Å². The van der Waals surface area contributed by atoms with E-state index < -0.39 is 0 Å². The summed E-state index contributed by atoms with van der Waals surface area (Å²) in [6.45, 7) is 4.11. The highest BCUT2D eigenvalue weighted by Crippen LogP contribution is 2.37. The van der Waals surface area contributed by atoms with Crippen molar-refractivity contribution in [2.45, 2.75) is 38.6 Å². The van der Waals surface area contributed by atoms with E-state index in [1.165, 1.54) is 0 Å². The van der Waals surface area contributed by atoms with Crippen LogP contribution in [0.4, 0.5) is 0 Å². The van der Waals surface area contributed by atoms with Gasteiger partial charge in [-0.05, 0) is 25.7 Å². The highest BCUT2D eigenvalue weighted by Gasteiger charge is 2.37. The van der Waals surface area contributed by atoms with E-state index in [9.17, 15) is 0 Å². The largest absolute Gasteiger partial charge is 0.324 e. The van der Waals surface area contributed by atoms with Crippen LogP contribution in [0.15, 0.2) is 0 Å². The Morgan fingerprint density at radius 3 is 2.60 bits per heavy atom. The second-order valence-corrected chi connectivity index (χ2v) is 3.48. The molecule has 0 aromatic carbocycles. The van der Waals surface area contributed by atoms with Crippen molar-refractivity contribution in [3.8, 4) is 11.8 Å². The molecule has 0 aromatic heterocycles. The van der Waals surface area contributed by atoms with Gasteiger partial charge in [-0.25, -0.2) is 0 Å². The molecule has 1 aliphatic rings. The third kappa shape index (κ3) is 1.52. The van der Waals surface area contributed by atoms with Gasteiger partial charge in [-0.1, -0.05) is 6.92 Å². The van der Waals surface area contributed by atoms with Gasteiger partial charge in [0.2, 0.25) is 0 Å². The average molecular weight is 137 g/mol. The number of hydrogen-bond acceptors (Lipinski definition) is 1. The molecule has 1 rings (SSSR count). The molecule has 0 unspecified atom stereocenters. The number of rotatable bonds is 1. The Kier molecular flexibility index (Phi) is 2.01. The molecule has 0 heterocycles. The SMILES string of the molecule is CC#CCC1(N)CC(C)C1. The van der Waals surface area contributed by atoms with Gasteiger partial charge in [0.05, 0.1) is 0 Å². The predicted octanol–water partition coefficient (Wildman–Crippen LogP) is 1.53.